The van der Waals surface area contributed by atoms with Crippen molar-refractivity contribution in [3.63, 3.8) is 0 Å². The predicted molar refractivity (Wildman–Crippen MR) is 104 cm³/mol. The van der Waals surface area contributed by atoms with Crippen LogP contribution in [0.4, 0.5) is 0 Å². The van der Waals surface area contributed by atoms with E-state index in [1.807, 2.05) is 0 Å². The largest absolute Gasteiger partial charge is 0.481 e. The van der Waals surface area contributed by atoms with Crippen molar-refractivity contribution >= 4 is 29.7 Å². The maximum Gasteiger partial charge on any atom is 0.308 e. The Labute approximate surface area is 160 Å². The predicted octanol–water partition coefficient (Wildman–Crippen LogP) is 4.52. The Morgan fingerprint density at radius 1 is 0.731 bits per heavy atom. The van der Waals surface area contributed by atoms with Crippen LogP contribution < -0.4 is 0 Å². The molecule has 3 N–H and O–H groups in total. The van der Waals surface area contributed by atoms with Crippen molar-refractivity contribution in [2.75, 3.05) is 11.5 Å². The number of hydrogen-bond acceptors (Lipinski definition) is 4. The number of thioether (sulfide) groups is 1. The number of hydrogen-bond donors (Lipinski definition) is 3. The van der Waals surface area contributed by atoms with Gasteiger partial charge in [0.05, 0.1) is 18.3 Å². The van der Waals surface area contributed by atoms with Gasteiger partial charge < -0.3 is 15.3 Å². The lowest BCUT2D eigenvalue weighted by atomic mass is 9.91. The molecule has 7 heteroatoms. The second kappa shape index (κ2) is 16.0. The fourth-order valence-electron chi connectivity index (χ4n) is 2.85. The minimum Gasteiger partial charge on any atom is -0.481 e. The lowest BCUT2D eigenvalue weighted by molar-refractivity contribution is -0.156. The van der Waals surface area contributed by atoms with Crippen LogP contribution in [0.2, 0.25) is 0 Å². The fraction of sp³-hybridized carbons (Fsp3) is 0.842. The molecule has 0 fully saturated rings. The molecule has 0 saturated heterocycles. The third kappa shape index (κ3) is 13.0. The summed E-state index contributed by atoms with van der Waals surface area (Å²) in [6, 6.07) is 0. The van der Waals surface area contributed by atoms with Gasteiger partial charge in [-0.25, -0.2) is 0 Å². The highest BCUT2D eigenvalue weighted by molar-refractivity contribution is 7.99. The van der Waals surface area contributed by atoms with E-state index in [2.05, 4.69) is 6.92 Å². The van der Waals surface area contributed by atoms with Gasteiger partial charge in [-0.2, -0.15) is 11.8 Å². The number of carboxylic acid groups (broad SMARTS) is 3. The smallest absolute Gasteiger partial charge is 0.308 e. The third-order valence-electron chi connectivity index (χ3n) is 4.45. The van der Waals surface area contributed by atoms with Crippen molar-refractivity contribution in [3.8, 4) is 0 Å². The molecule has 152 valence electrons. The van der Waals surface area contributed by atoms with Crippen LogP contribution in [0, 0.1) is 11.8 Å². The Morgan fingerprint density at radius 3 is 1.62 bits per heavy atom. The average Bonchev–Trinajstić information content (AvgIpc) is 2.57. The monoisotopic (exact) mass is 390 g/mol. The summed E-state index contributed by atoms with van der Waals surface area (Å²) in [5.74, 6) is -5.53. The van der Waals surface area contributed by atoms with Crippen LogP contribution in [0.5, 0.6) is 0 Å². The standard InChI is InChI=1S/C19H34O6S/c1-2-3-4-5-6-7-8-9-10-11-12-26-14-16(19(24)25)15(18(22)23)13-17(20)21/h15-16H,2-14H2,1H3,(H,20,21)(H,22,23)(H,24,25). The molecule has 0 bridgehead atoms. The first-order chi connectivity index (χ1) is 12.4. The molecular weight excluding hydrogens is 356 g/mol. The van der Waals surface area contributed by atoms with E-state index < -0.39 is 36.2 Å². The van der Waals surface area contributed by atoms with Gasteiger partial charge in [-0.05, 0) is 12.2 Å². The summed E-state index contributed by atoms with van der Waals surface area (Å²) in [6.07, 6.45) is 11.6. The Morgan fingerprint density at radius 2 is 1.19 bits per heavy atom. The first-order valence-electron chi connectivity index (χ1n) is 9.65. The molecule has 0 rings (SSSR count). The van der Waals surface area contributed by atoms with Gasteiger partial charge in [0, 0.05) is 5.75 Å². The highest BCUT2D eigenvalue weighted by atomic mass is 32.2. The summed E-state index contributed by atoms with van der Waals surface area (Å²) >= 11 is 1.40. The minimum atomic E-state index is -1.38. The molecule has 0 aromatic rings. The van der Waals surface area contributed by atoms with Crippen molar-refractivity contribution < 1.29 is 29.7 Å². The number of aliphatic carboxylic acids is 3. The highest BCUT2D eigenvalue weighted by Crippen LogP contribution is 2.23. The molecule has 0 heterocycles. The Balaban J connectivity index is 3.85. The van der Waals surface area contributed by atoms with E-state index in [9.17, 15) is 19.5 Å². The number of unbranched alkanes of at least 4 members (excludes halogenated alkanes) is 9. The van der Waals surface area contributed by atoms with E-state index in [0.717, 1.165) is 18.6 Å². The molecule has 0 amide bonds. The van der Waals surface area contributed by atoms with E-state index in [-0.39, 0.29) is 5.75 Å². The Kier molecular flexibility index (Phi) is 15.2. The number of rotatable bonds is 18. The van der Waals surface area contributed by atoms with Gasteiger partial charge in [-0.15, -0.1) is 0 Å². The van der Waals surface area contributed by atoms with Crippen molar-refractivity contribution in [1.29, 1.82) is 0 Å². The average molecular weight is 391 g/mol. The molecule has 2 atom stereocenters. The quantitative estimate of drug-likeness (QED) is 0.295. The maximum absolute atomic E-state index is 11.3. The van der Waals surface area contributed by atoms with Crippen LogP contribution in [0.15, 0.2) is 0 Å². The highest BCUT2D eigenvalue weighted by Gasteiger charge is 2.35. The van der Waals surface area contributed by atoms with Crippen LogP contribution in [0.25, 0.3) is 0 Å². The first-order valence-corrected chi connectivity index (χ1v) is 10.8. The van der Waals surface area contributed by atoms with E-state index in [4.69, 9.17) is 10.2 Å². The van der Waals surface area contributed by atoms with Crippen LogP contribution in [0.1, 0.15) is 77.6 Å². The topological polar surface area (TPSA) is 112 Å². The van der Waals surface area contributed by atoms with Crippen molar-refractivity contribution in [3.05, 3.63) is 0 Å². The second-order valence-corrected chi connectivity index (χ2v) is 7.89. The molecule has 0 aromatic carbocycles. The number of carboxylic acids is 3. The van der Waals surface area contributed by atoms with Gasteiger partial charge in [0.15, 0.2) is 0 Å². The summed E-state index contributed by atoms with van der Waals surface area (Å²) < 4.78 is 0. The van der Waals surface area contributed by atoms with E-state index in [0.29, 0.717) is 0 Å². The fourth-order valence-corrected chi connectivity index (χ4v) is 4.05. The molecule has 2 unspecified atom stereocenters. The van der Waals surface area contributed by atoms with Crippen LogP contribution >= 0.6 is 11.8 Å². The van der Waals surface area contributed by atoms with Gasteiger partial charge in [0.1, 0.15) is 0 Å². The van der Waals surface area contributed by atoms with Crippen molar-refractivity contribution in [2.24, 2.45) is 11.8 Å². The SMILES string of the molecule is CCCCCCCCCCCCSCC(C(=O)O)C(CC(=O)O)C(=O)O. The Hall–Kier alpha value is -1.24. The normalized spacial score (nSPS) is 13.3. The zero-order valence-electron chi connectivity index (χ0n) is 15.8. The molecule has 0 aliphatic rings. The van der Waals surface area contributed by atoms with Crippen LogP contribution in [-0.4, -0.2) is 44.7 Å². The summed E-state index contributed by atoms with van der Waals surface area (Å²) in [7, 11) is 0. The summed E-state index contributed by atoms with van der Waals surface area (Å²) in [4.78, 5) is 33.2. The van der Waals surface area contributed by atoms with Crippen LogP contribution in [-0.2, 0) is 14.4 Å². The summed E-state index contributed by atoms with van der Waals surface area (Å²) in [5, 5.41) is 27.1. The second-order valence-electron chi connectivity index (χ2n) is 6.74. The minimum absolute atomic E-state index is 0.136. The van der Waals surface area contributed by atoms with E-state index in [1.54, 1.807) is 0 Å². The van der Waals surface area contributed by atoms with E-state index >= 15 is 0 Å². The number of carbonyl (C=O) groups is 3. The van der Waals surface area contributed by atoms with Crippen molar-refractivity contribution in [1.82, 2.24) is 0 Å². The van der Waals surface area contributed by atoms with Gasteiger partial charge in [-0.1, -0.05) is 64.7 Å². The molecule has 0 aliphatic carbocycles. The zero-order chi connectivity index (χ0) is 19.8. The van der Waals surface area contributed by atoms with Gasteiger partial charge in [0.2, 0.25) is 0 Å². The lowest BCUT2D eigenvalue weighted by Gasteiger charge is -2.18. The van der Waals surface area contributed by atoms with Gasteiger partial charge in [0.25, 0.3) is 0 Å². The first kappa shape index (κ1) is 24.8. The van der Waals surface area contributed by atoms with E-state index in [1.165, 1.54) is 63.1 Å². The molecule has 26 heavy (non-hydrogen) atoms. The molecule has 6 nitrogen and oxygen atoms in total. The summed E-state index contributed by atoms with van der Waals surface area (Å²) in [5.41, 5.74) is 0. The molecule has 0 aromatic heterocycles. The summed E-state index contributed by atoms with van der Waals surface area (Å²) in [6.45, 7) is 2.21. The molecule has 0 radical (unpaired) electrons. The molecule has 0 spiro atoms. The zero-order valence-corrected chi connectivity index (χ0v) is 16.6. The molecular formula is C19H34O6S. The maximum atomic E-state index is 11.3. The van der Waals surface area contributed by atoms with Crippen molar-refractivity contribution in [2.45, 2.75) is 77.6 Å². The van der Waals surface area contributed by atoms with Crippen LogP contribution in [0.3, 0.4) is 0 Å². The molecule has 0 saturated carbocycles. The van der Waals surface area contributed by atoms with Gasteiger partial charge >= 0.3 is 17.9 Å². The lowest BCUT2D eigenvalue weighted by Crippen LogP contribution is -2.33. The van der Waals surface area contributed by atoms with Gasteiger partial charge in [-0.3, -0.25) is 14.4 Å². The Bertz CT molecular complexity index is 413. The third-order valence-corrected chi connectivity index (χ3v) is 5.63. The molecule has 0 aliphatic heterocycles.